The number of nitrogens with two attached hydrogens (primary N) is 1. The Hall–Kier alpha value is -1.05. The zero-order valence-electron chi connectivity index (χ0n) is 9.21. The fourth-order valence-corrected chi connectivity index (χ4v) is 2.62. The van der Waals surface area contributed by atoms with Gasteiger partial charge in [0.15, 0.2) is 0 Å². The van der Waals surface area contributed by atoms with Gasteiger partial charge >= 0.3 is 5.97 Å². The highest BCUT2D eigenvalue weighted by Gasteiger charge is 2.15. The van der Waals surface area contributed by atoms with E-state index in [1.807, 2.05) is 6.92 Å². The second-order valence-corrected chi connectivity index (χ2v) is 6.05. The molecule has 17 heavy (non-hydrogen) atoms. The lowest BCUT2D eigenvalue weighted by Crippen LogP contribution is -2.13. The van der Waals surface area contributed by atoms with Crippen molar-refractivity contribution in [2.24, 2.45) is 5.14 Å². The van der Waals surface area contributed by atoms with Crippen molar-refractivity contribution in [3.05, 3.63) is 23.8 Å². The van der Waals surface area contributed by atoms with E-state index in [-0.39, 0.29) is 10.5 Å². The van der Waals surface area contributed by atoms with Crippen LogP contribution in [-0.2, 0) is 10.0 Å². The molecule has 0 aliphatic heterocycles. The average Bonchev–Trinajstić information content (AvgIpc) is 2.24. The fraction of sp³-hybridized carbons (Fsp3) is 0.300. The van der Waals surface area contributed by atoms with E-state index in [2.05, 4.69) is 0 Å². The van der Waals surface area contributed by atoms with E-state index in [4.69, 9.17) is 10.2 Å². The summed E-state index contributed by atoms with van der Waals surface area (Å²) in [5, 5.41) is 14.0. The number of carboxylic acid groups (broad SMARTS) is 1. The van der Waals surface area contributed by atoms with E-state index >= 15 is 0 Å². The molecule has 0 amide bonds. The first kappa shape index (κ1) is 14.0. The van der Waals surface area contributed by atoms with E-state index in [0.717, 1.165) is 18.2 Å². The second kappa shape index (κ2) is 5.52. The van der Waals surface area contributed by atoms with Crippen molar-refractivity contribution in [2.45, 2.75) is 23.1 Å². The van der Waals surface area contributed by atoms with Crippen LogP contribution in [0.15, 0.2) is 28.0 Å². The van der Waals surface area contributed by atoms with E-state index in [9.17, 15) is 13.2 Å². The summed E-state index contributed by atoms with van der Waals surface area (Å²) < 4.78 is 22.2. The number of benzene rings is 1. The Morgan fingerprint density at radius 2 is 2.12 bits per heavy atom. The average molecular weight is 275 g/mol. The summed E-state index contributed by atoms with van der Waals surface area (Å²) in [7, 11) is -3.87. The first-order valence-corrected chi connectivity index (χ1v) is 7.42. The third-order valence-corrected chi connectivity index (χ3v) is 4.16. The van der Waals surface area contributed by atoms with Crippen LogP contribution in [0.1, 0.15) is 23.7 Å². The summed E-state index contributed by atoms with van der Waals surface area (Å²) in [6.07, 6.45) is 0.903. The molecule has 7 heteroatoms. The minimum absolute atomic E-state index is 0.0324. The predicted octanol–water partition coefficient (Wildman–Crippen LogP) is 1.53. The van der Waals surface area contributed by atoms with Gasteiger partial charge < -0.3 is 5.11 Å². The zero-order chi connectivity index (χ0) is 13.1. The number of sulfonamides is 1. The molecule has 0 fully saturated rings. The van der Waals surface area contributed by atoms with Crippen molar-refractivity contribution in [2.75, 3.05) is 5.75 Å². The Kier molecular flexibility index (Phi) is 4.55. The van der Waals surface area contributed by atoms with Gasteiger partial charge in [-0.3, -0.25) is 0 Å². The van der Waals surface area contributed by atoms with Crippen LogP contribution in [-0.4, -0.2) is 25.2 Å². The van der Waals surface area contributed by atoms with Gasteiger partial charge in [0.2, 0.25) is 10.0 Å². The Morgan fingerprint density at radius 1 is 1.47 bits per heavy atom. The molecule has 0 aromatic heterocycles. The maximum Gasteiger partial charge on any atom is 0.336 e. The molecule has 1 aromatic rings. The monoisotopic (exact) mass is 275 g/mol. The molecule has 0 aliphatic carbocycles. The van der Waals surface area contributed by atoms with E-state index < -0.39 is 16.0 Å². The molecule has 1 aromatic carbocycles. The molecule has 0 saturated carbocycles. The summed E-state index contributed by atoms with van der Waals surface area (Å²) in [5.74, 6) is -0.385. The van der Waals surface area contributed by atoms with Gasteiger partial charge in [-0.1, -0.05) is 6.92 Å². The van der Waals surface area contributed by atoms with E-state index in [0.29, 0.717) is 4.90 Å². The van der Waals surface area contributed by atoms with Crippen LogP contribution >= 0.6 is 11.8 Å². The highest BCUT2D eigenvalue weighted by atomic mass is 32.2. The Bertz CT molecular complexity index is 525. The molecule has 1 rings (SSSR count). The zero-order valence-corrected chi connectivity index (χ0v) is 10.8. The second-order valence-electron chi connectivity index (χ2n) is 3.36. The predicted molar refractivity (Wildman–Crippen MR) is 65.8 cm³/mol. The summed E-state index contributed by atoms with van der Waals surface area (Å²) >= 11 is 1.38. The van der Waals surface area contributed by atoms with Crippen molar-refractivity contribution in [3.8, 4) is 0 Å². The van der Waals surface area contributed by atoms with Crippen LogP contribution in [0.3, 0.4) is 0 Å². The molecule has 0 aliphatic rings. The maximum absolute atomic E-state index is 11.1. The minimum Gasteiger partial charge on any atom is -0.478 e. The quantitative estimate of drug-likeness (QED) is 0.794. The van der Waals surface area contributed by atoms with Gasteiger partial charge in [0, 0.05) is 4.90 Å². The Labute approximate surface area is 104 Å². The lowest BCUT2D eigenvalue weighted by molar-refractivity contribution is 0.0693. The van der Waals surface area contributed by atoms with Gasteiger partial charge in [0.05, 0.1) is 10.5 Å². The molecular weight excluding hydrogens is 262 g/mol. The Morgan fingerprint density at radius 3 is 2.59 bits per heavy atom. The lowest BCUT2D eigenvalue weighted by Gasteiger charge is -2.06. The van der Waals surface area contributed by atoms with Crippen LogP contribution in [0.2, 0.25) is 0 Å². The van der Waals surface area contributed by atoms with Gasteiger partial charge in [-0.2, -0.15) is 0 Å². The highest BCUT2D eigenvalue weighted by molar-refractivity contribution is 7.99. The van der Waals surface area contributed by atoms with Crippen molar-refractivity contribution < 1.29 is 18.3 Å². The molecule has 0 bridgehead atoms. The molecule has 0 heterocycles. The summed E-state index contributed by atoms with van der Waals surface area (Å²) in [4.78, 5) is 11.4. The molecule has 0 saturated heterocycles. The van der Waals surface area contributed by atoms with Gasteiger partial charge in [0.1, 0.15) is 0 Å². The van der Waals surface area contributed by atoms with Crippen molar-refractivity contribution in [3.63, 3.8) is 0 Å². The van der Waals surface area contributed by atoms with Crippen molar-refractivity contribution in [1.82, 2.24) is 0 Å². The molecule has 94 valence electrons. The standard InChI is InChI=1S/C10H13NO4S2/c1-2-5-16-9-4-3-7(17(11,14)15)6-8(9)10(12)13/h3-4,6H,2,5H2,1H3,(H,12,13)(H2,11,14,15). The van der Waals surface area contributed by atoms with Crippen LogP contribution in [0.4, 0.5) is 0 Å². The van der Waals surface area contributed by atoms with Crippen LogP contribution in [0, 0.1) is 0 Å². The number of hydrogen-bond acceptors (Lipinski definition) is 4. The smallest absolute Gasteiger partial charge is 0.336 e. The molecule has 5 nitrogen and oxygen atoms in total. The molecule has 3 N–H and O–H groups in total. The van der Waals surface area contributed by atoms with Gasteiger partial charge in [-0.15, -0.1) is 11.8 Å². The first-order chi connectivity index (χ1) is 7.86. The third kappa shape index (κ3) is 3.72. The van der Waals surface area contributed by atoms with Crippen molar-refractivity contribution in [1.29, 1.82) is 0 Å². The number of thioether (sulfide) groups is 1. The van der Waals surface area contributed by atoms with Crippen LogP contribution in [0.25, 0.3) is 0 Å². The minimum atomic E-state index is -3.87. The summed E-state index contributed by atoms with van der Waals surface area (Å²) in [6.45, 7) is 1.98. The normalized spacial score (nSPS) is 11.4. The number of rotatable bonds is 5. The highest BCUT2D eigenvalue weighted by Crippen LogP contribution is 2.25. The van der Waals surface area contributed by atoms with Gasteiger partial charge in [-0.05, 0) is 30.4 Å². The van der Waals surface area contributed by atoms with Crippen molar-refractivity contribution >= 4 is 27.8 Å². The topological polar surface area (TPSA) is 97.5 Å². The lowest BCUT2D eigenvalue weighted by atomic mass is 10.2. The van der Waals surface area contributed by atoms with Crippen LogP contribution < -0.4 is 5.14 Å². The largest absolute Gasteiger partial charge is 0.478 e. The maximum atomic E-state index is 11.1. The SMILES string of the molecule is CCCSc1ccc(S(N)(=O)=O)cc1C(=O)O. The number of primary sulfonamides is 1. The van der Waals surface area contributed by atoms with E-state index in [1.54, 1.807) is 0 Å². The van der Waals surface area contributed by atoms with Crippen LogP contribution in [0.5, 0.6) is 0 Å². The molecule has 0 atom stereocenters. The number of aromatic carboxylic acids is 1. The fourth-order valence-electron chi connectivity index (χ4n) is 1.19. The Balaban J connectivity index is 3.22. The van der Waals surface area contributed by atoms with Gasteiger partial charge in [0.25, 0.3) is 0 Å². The first-order valence-electron chi connectivity index (χ1n) is 4.89. The number of carbonyl (C=O) groups is 1. The summed E-state index contributed by atoms with van der Waals surface area (Å²) in [5.41, 5.74) is -0.0324. The van der Waals surface area contributed by atoms with Gasteiger partial charge in [-0.25, -0.2) is 18.4 Å². The molecular formula is C10H13NO4S2. The summed E-state index contributed by atoms with van der Waals surface area (Å²) in [6, 6.07) is 3.89. The van der Waals surface area contributed by atoms with E-state index in [1.165, 1.54) is 23.9 Å². The number of hydrogen-bond donors (Lipinski definition) is 2. The molecule has 0 unspecified atom stereocenters. The third-order valence-electron chi connectivity index (χ3n) is 1.97. The molecule has 0 spiro atoms. The molecule has 0 radical (unpaired) electrons. The number of carboxylic acids is 1.